The fourth-order valence-corrected chi connectivity index (χ4v) is 2.75. The summed E-state index contributed by atoms with van der Waals surface area (Å²) in [5, 5.41) is 8.85. The summed E-state index contributed by atoms with van der Waals surface area (Å²) in [7, 11) is 0. The van der Waals surface area contributed by atoms with Crippen LogP contribution in [0.3, 0.4) is 0 Å². The van der Waals surface area contributed by atoms with E-state index in [1.165, 1.54) is 0 Å². The summed E-state index contributed by atoms with van der Waals surface area (Å²) in [5.74, 6) is 1.21. The lowest BCUT2D eigenvalue weighted by atomic mass is 9.85. The van der Waals surface area contributed by atoms with Crippen molar-refractivity contribution in [2.75, 3.05) is 11.5 Å². The Morgan fingerprint density at radius 2 is 2.50 bits per heavy atom. The quantitative estimate of drug-likeness (QED) is 0.666. The fraction of sp³-hybridized carbons (Fsp3) is 0.857. The Hall–Kier alpha value is -0.180. The summed E-state index contributed by atoms with van der Waals surface area (Å²) < 4.78 is 0. The van der Waals surface area contributed by atoms with Crippen LogP contribution in [0.5, 0.6) is 0 Å². The van der Waals surface area contributed by atoms with Gasteiger partial charge in [0.05, 0.1) is 5.41 Å². The Morgan fingerprint density at radius 3 is 2.70 bits per heavy atom. The van der Waals surface area contributed by atoms with Crippen molar-refractivity contribution in [2.45, 2.75) is 19.8 Å². The van der Waals surface area contributed by atoms with E-state index in [9.17, 15) is 4.79 Å². The molecule has 0 saturated carbocycles. The molecule has 1 unspecified atom stereocenters. The molecule has 1 aliphatic rings. The van der Waals surface area contributed by atoms with Crippen LogP contribution < -0.4 is 0 Å². The van der Waals surface area contributed by atoms with Crippen molar-refractivity contribution in [2.24, 2.45) is 5.41 Å². The van der Waals surface area contributed by atoms with Crippen molar-refractivity contribution in [1.29, 1.82) is 0 Å². The van der Waals surface area contributed by atoms with Crippen molar-refractivity contribution in [3.05, 3.63) is 0 Å². The molecule has 2 nitrogen and oxygen atoms in total. The lowest BCUT2D eigenvalue weighted by Gasteiger charge is -2.19. The summed E-state index contributed by atoms with van der Waals surface area (Å²) in [4.78, 5) is 10.7. The Bertz CT molecular complexity index is 139. The zero-order chi connectivity index (χ0) is 7.61. The normalized spacial score (nSPS) is 32.5. The van der Waals surface area contributed by atoms with E-state index in [1.807, 2.05) is 6.92 Å². The van der Waals surface area contributed by atoms with Crippen LogP contribution in [0.4, 0.5) is 0 Å². The minimum atomic E-state index is -0.611. The van der Waals surface area contributed by atoms with Gasteiger partial charge in [-0.1, -0.05) is 6.92 Å². The lowest BCUT2D eigenvalue weighted by Crippen LogP contribution is -2.29. The number of hydrogen-bond donors (Lipinski definition) is 1. The second-order valence-corrected chi connectivity index (χ2v) is 3.85. The first kappa shape index (κ1) is 7.92. The maximum Gasteiger partial charge on any atom is 0.310 e. The van der Waals surface area contributed by atoms with Gasteiger partial charge < -0.3 is 5.11 Å². The third-order valence-electron chi connectivity index (χ3n) is 2.23. The molecule has 1 rings (SSSR count). The van der Waals surface area contributed by atoms with E-state index in [-0.39, 0.29) is 5.41 Å². The molecule has 1 saturated heterocycles. The van der Waals surface area contributed by atoms with Crippen LogP contribution in [0.25, 0.3) is 0 Å². The molecule has 0 aromatic rings. The first-order chi connectivity index (χ1) is 4.71. The van der Waals surface area contributed by atoms with Crippen molar-refractivity contribution < 1.29 is 9.90 Å². The van der Waals surface area contributed by atoms with Crippen LogP contribution in [0.2, 0.25) is 0 Å². The molecule has 0 aromatic carbocycles. The molecule has 58 valence electrons. The molecule has 10 heavy (non-hydrogen) atoms. The predicted octanol–water partition coefficient (Wildman–Crippen LogP) is 1.60. The average molecular weight is 160 g/mol. The number of carboxylic acid groups (broad SMARTS) is 1. The van der Waals surface area contributed by atoms with E-state index >= 15 is 0 Å². The lowest BCUT2D eigenvalue weighted by molar-refractivity contribution is -0.147. The molecule has 1 heterocycles. The van der Waals surface area contributed by atoms with Crippen LogP contribution in [0.15, 0.2) is 0 Å². The molecule has 1 aliphatic heterocycles. The molecule has 1 N–H and O–H groups in total. The predicted molar refractivity (Wildman–Crippen MR) is 42.3 cm³/mol. The number of rotatable bonds is 2. The summed E-state index contributed by atoms with van der Waals surface area (Å²) in [6.45, 7) is 1.96. The number of carboxylic acids is 1. The van der Waals surface area contributed by atoms with Crippen molar-refractivity contribution >= 4 is 17.7 Å². The van der Waals surface area contributed by atoms with E-state index < -0.39 is 5.97 Å². The number of aliphatic carboxylic acids is 1. The molecule has 0 aliphatic carbocycles. The third kappa shape index (κ3) is 1.15. The van der Waals surface area contributed by atoms with E-state index in [0.29, 0.717) is 0 Å². The van der Waals surface area contributed by atoms with Crippen LogP contribution in [0.1, 0.15) is 19.8 Å². The Balaban J connectivity index is 2.67. The Labute approximate surface area is 65.0 Å². The van der Waals surface area contributed by atoms with Gasteiger partial charge in [0, 0.05) is 5.75 Å². The molecular weight excluding hydrogens is 148 g/mol. The summed E-state index contributed by atoms with van der Waals surface area (Å²) >= 11 is 1.75. The van der Waals surface area contributed by atoms with Gasteiger partial charge in [-0.2, -0.15) is 11.8 Å². The maximum absolute atomic E-state index is 10.7. The summed E-state index contributed by atoms with van der Waals surface area (Å²) in [6.07, 6.45) is 1.62. The first-order valence-electron chi connectivity index (χ1n) is 3.52. The van der Waals surface area contributed by atoms with Crippen LogP contribution in [-0.2, 0) is 4.79 Å². The maximum atomic E-state index is 10.7. The fourth-order valence-electron chi connectivity index (χ4n) is 1.21. The summed E-state index contributed by atoms with van der Waals surface area (Å²) in [6, 6.07) is 0. The third-order valence-corrected chi connectivity index (χ3v) is 3.48. The number of hydrogen-bond acceptors (Lipinski definition) is 2. The highest BCUT2D eigenvalue weighted by Crippen LogP contribution is 2.38. The number of carbonyl (C=O) groups is 1. The first-order valence-corrected chi connectivity index (χ1v) is 4.68. The summed E-state index contributed by atoms with van der Waals surface area (Å²) in [5.41, 5.74) is -0.384. The number of thioether (sulfide) groups is 1. The van der Waals surface area contributed by atoms with Gasteiger partial charge in [0.2, 0.25) is 0 Å². The molecular formula is C7H12O2S. The van der Waals surface area contributed by atoms with Gasteiger partial charge in [-0.25, -0.2) is 0 Å². The molecule has 0 spiro atoms. The van der Waals surface area contributed by atoms with E-state index in [4.69, 9.17) is 5.11 Å². The van der Waals surface area contributed by atoms with Gasteiger partial charge in [0.15, 0.2) is 0 Å². The molecule has 3 heteroatoms. The van der Waals surface area contributed by atoms with Crippen LogP contribution in [-0.4, -0.2) is 22.6 Å². The Kier molecular flexibility index (Phi) is 2.24. The Morgan fingerprint density at radius 1 is 1.80 bits per heavy atom. The highest BCUT2D eigenvalue weighted by atomic mass is 32.2. The van der Waals surface area contributed by atoms with Gasteiger partial charge in [-0.05, 0) is 18.6 Å². The highest BCUT2D eigenvalue weighted by molar-refractivity contribution is 7.99. The minimum Gasteiger partial charge on any atom is -0.481 e. The van der Waals surface area contributed by atoms with E-state index in [2.05, 4.69) is 0 Å². The van der Waals surface area contributed by atoms with Crippen LogP contribution >= 0.6 is 11.8 Å². The van der Waals surface area contributed by atoms with E-state index in [0.717, 1.165) is 24.3 Å². The van der Waals surface area contributed by atoms with Crippen molar-refractivity contribution in [1.82, 2.24) is 0 Å². The zero-order valence-electron chi connectivity index (χ0n) is 6.09. The SMILES string of the molecule is CCC1(C(=O)O)CCSC1. The van der Waals surface area contributed by atoms with Gasteiger partial charge >= 0.3 is 5.97 Å². The largest absolute Gasteiger partial charge is 0.481 e. The van der Waals surface area contributed by atoms with Crippen molar-refractivity contribution in [3.8, 4) is 0 Å². The average Bonchev–Trinajstić information content (AvgIpc) is 2.35. The molecule has 1 atom stereocenters. The monoisotopic (exact) mass is 160 g/mol. The second kappa shape index (κ2) is 2.82. The molecule has 0 amide bonds. The van der Waals surface area contributed by atoms with Gasteiger partial charge in [0.1, 0.15) is 0 Å². The minimum absolute atomic E-state index is 0.384. The second-order valence-electron chi connectivity index (χ2n) is 2.74. The van der Waals surface area contributed by atoms with Crippen LogP contribution in [0, 0.1) is 5.41 Å². The van der Waals surface area contributed by atoms with E-state index in [1.54, 1.807) is 11.8 Å². The topological polar surface area (TPSA) is 37.3 Å². The molecule has 0 bridgehead atoms. The smallest absolute Gasteiger partial charge is 0.310 e. The molecule has 1 fully saturated rings. The highest BCUT2D eigenvalue weighted by Gasteiger charge is 2.39. The molecule has 0 radical (unpaired) electrons. The standard InChI is InChI=1S/C7H12O2S/c1-2-7(6(8)9)3-4-10-5-7/h2-5H2,1H3,(H,8,9). The van der Waals surface area contributed by atoms with Crippen molar-refractivity contribution in [3.63, 3.8) is 0 Å². The van der Waals surface area contributed by atoms with Gasteiger partial charge in [0.25, 0.3) is 0 Å². The zero-order valence-corrected chi connectivity index (χ0v) is 6.91. The molecule has 0 aromatic heterocycles. The van der Waals surface area contributed by atoms with Gasteiger partial charge in [-0.15, -0.1) is 0 Å². The van der Waals surface area contributed by atoms with Gasteiger partial charge in [-0.3, -0.25) is 4.79 Å².